The van der Waals surface area contributed by atoms with Crippen LogP contribution in [0.1, 0.15) is 23.0 Å². The summed E-state index contributed by atoms with van der Waals surface area (Å²) in [5.74, 6) is -0.142. The van der Waals surface area contributed by atoms with Crippen LogP contribution in [0.15, 0.2) is 48.5 Å². The number of phenolic OH excluding ortho intramolecular Hbond substituents is 1. The van der Waals surface area contributed by atoms with Crippen LogP contribution in [0.5, 0.6) is 5.75 Å². The van der Waals surface area contributed by atoms with E-state index in [1.165, 1.54) is 0 Å². The van der Waals surface area contributed by atoms with Gasteiger partial charge in [0.2, 0.25) is 0 Å². The van der Waals surface area contributed by atoms with Gasteiger partial charge >= 0.3 is 5.97 Å². The van der Waals surface area contributed by atoms with Gasteiger partial charge in [-0.25, -0.2) is 4.79 Å². The van der Waals surface area contributed by atoms with Gasteiger partial charge in [-0.3, -0.25) is 4.98 Å². The molecule has 2 N–H and O–H groups in total. The Morgan fingerprint density at radius 3 is 2.56 bits per heavy atom. The predicted octanol–water partition coefficient (Wildman–Crippen LogP) is 4.59. The smallest absolute Gasteiger partial charge is 0.338 e. The van der Waals surface area contributed by atoms with E-state index in [4.69, 9.17) is 4.74 Å². The standard InChI is InChI=1S/C19H18N2O3.ClH/c1-3-24-19(23)13-4-9-17-16(11-13)18(10-12(2)20-17)21-14-5-7-15(22)8-6-14;/h4-11,22H,3H2,1-2H3,(H,20,21);1H. The number of aromatic nitrogens is 1. The molecule has 0 saturated heterocycles. The summed E-state index contributed by atoms with van der Waals surface area (Å²) >= 11 is 0. The first-order chi connectivity index (χ1) is 11.6. The number of carbonyl (C=O) groups is 1. The number of ether oxygens (including phenoxy) is 1. The fourth-order valence-electron chi connectivity index (χ4n) is 2.50. The summed E-state index contributed by atoms with van der Waals surface area (Å²) in [6.45, 7) is 4.03. The quantitative estimate of drug-likeness (QED) is 0.527. The van der Waals surface area contributed by atoms with Crippen molar-refractivity contribution in [1.29, 1.82) is 0 Å². The van der Waals surface area contributed by atoms with Crippen molar-refractivity contribution in [1.82, 2.24) is 4.98 Å². The Kier molecular flexibility index (Phi) is 5.83. The first kappa shape index (κ1) is 18.5. The molecule has 3 rings (SSSR count). The number of aromatic hydroxyl groups is 1. The summed E-state index contributed by atoms with van der Waals surface area (Å²) in [6.07, 6.45) is 0. The molecule has 0 radical (unpaired) electrons. The number of phenols is 1. The highest BCUT2D eigenvalue weighted by molar-refractivity contribution is 5.99. The van der Waals surface area contributed by atoms with Gasteiger partial charge in [-0.05, 0) is 62.4 Å². The van der Waals surface area contributed by atoms with E-state index >= 15 is 0 Å². The zero-order valence-corrected chi connectivity index (χ0v) is 14.8. The summed E-state index contributed by atoms with van der Waals surface area (Å²) in [5, 5.41) is 13.5. The van der Waals surface area contributed by atoms with Crippen LogP contribution in [0.4, 0.5) is 11.4 Å². The molecule has 5 nitrogen and oxygen atoms in total. The third-order valence-electron chi connectivity index (χ3n) is 3.59. The second-order valence-electron chi connectivity index (χ2n) is 5.44. The number of fused-ring (bicyclic) bond motifs is 1. The molecule has 0 amide bonds. The Morgan fingerprint density at radius 2 is 1.88 bits per heavy atom. The van der Waals surface area contributed by atoms with Crippen LogP contribution < -0.4 is 5.32 Å². The average molecular weight is 359 g/mol. The van der Waals surface area contributed by atoms with E-state index in [1.807, 2.05) is 19.1 Å². The lowest BCUT2D eigenvalue weighted by Gasteiger charge is -2.12. The average Bonchev–Trinajstić information content (AvgIpc) is 2.56. The monoisotopic (exact) mass is 358 g/mol. The van der Waals surface area contributed by atoms with Gasteiger partial charge in [0.1, 0.15) is 5.75 Å². The molecule has 0 unspecified atom stereocenters. The van der Waals surface area contributed by atoms with Gasteiger partial charge in [-0.2, -0.15) is 0 Å². The van der Waals surface area contributed by atoms with E-state index in [1.54, 1.807) is 43.3 Å². The topological polar surface area (TPSA) is 71.5 Å². The van der Waals surface area contributed by atoms with Crippen molar-refractivity contribution in [3.8, 4) is 5.75 Å². The van der Waals surface area contributed by atoms with Crippen molar-refractivity contribution in [2.24, 2.45) is 0 Å². The number of hydrogen-bond donors (Lipinski definition) is 2. The molecule has 3 aromatic rings. The number of halogens is 1. The van der Waals surface area contributed by atoms with Gasteiger partial charge in [-0.1, -0.05) is 0 Å². The Morgan fingerprint density at radius 1 is 1.16 bits per heavy atom. The van der Waals surface area contributed by atoms with Crippen LogP contribution in [0.3, 0.4) is 0 Å². The number of anilines is 2. The van der Waals surface area contributed by atoms with Gasteiger partial charge in [0.15, 0.2) is 0 Å². The lowest BCUT2D eigenvalue weighted by Crippen LogP contribution is -2.05. The van der Waals surface area contributed by atoms with Crippen molar-refractivity contribution >= 4 is 40.7 Å². The lowest BCUT2D eigenvalue weighted by molar-refractivity contribution is 0.0526. The van der Waals surface area contributed by atoms with Gasteiger partial charge in [0, 0.05) is 22.5 Å². The van der Waals surface area contributed by atoms with Gasteiger partial charge in [0.05, 0.1) is 17.7 Å². The minimum Gasteiger partial charge on any atom is -0.508 e. The normalized spacial score (nSPS) is 10.2. The molecule has 0 saturated carbocycles. The van der Waals surface area contributed by atoms with E-state index in [-0.39, 0.29) is 24.1 Å². The van der Waals surface area contributed by atoms with Crippen molar-refractivity contribution < 1.29 is 14.6 Å². The second-order valence-corrected chi connectivity index (χ2v) is 5.44. The Labute approximate surface area is 152 Å². The molecule has 0 aliphatic carbocycles. The maximum atomic E-state index is 12.0. The number of esters is 1. The number of nitrogens with one attached hydrogen (secondary N) is 1. The van der Waals surface area contributed by atoms with Crippen LogP contribution in [0.2, 0.25) is 0 Å². The van der Waals surface area contributed by atoms with Crippen molar-refractivity contribution in [3.63, 3.8) is 0 Å². The van der Waals surface area contributed by atoms with E-state index in [9.17, 15) is 9.90 Å². The minimum atomic E-state index is -0.351. The molecule has 130 valence electrons. The third kappa shape index (κ3) is 4.19. The highest BCUT2D eigenvalue weighted by Crippen LogP contribution is 2.28. The first-order valence-electron chi connectivity index (χ1n) is 7.71. The zero-order valence-electron chi connectivity index (χ0n) is 13.9. The SMILES string of the molecule is CCOC(=O)c1ccc2nc(C)cc(Nc3ccc(O)cc3)c2c1.Cl. The number of hydrogen-bond acceptors (Lipinski definition) is 5. The van der Waals surface area contributed by atoms with Crippen LogP contribution in [0.25, 0.3) is 10.9 Å². The summed E-state index contributed by atoms with van der Waals surface area (Å²) in [4.78, 5) is 16.5. The number of nitrogens with zero attached hydrogens (tertiary/aromatic N) is 1. The molecule has 1 aromatic heterocycles. The third-order valence-corrected chi connectivity index (χ3v) is 3.59. The van der Waals surface area contributed by atoms with Gasteiger partial charge < -0.3 is 15.2 Å². The molecule has 0 aliphatic heterocycles. The first-order valence-corrected chi connectivity index (χ1v) is 7.71. The Hall–Kier alpha value is -2.79. The maximum Gasteiger partial charge on any atom is 0.338 e. The minimum absolute atomic E-state index is 0. The van der Waals surface area contributed by atoms with Crippen LogP contribution in [0, 0.1) is 6.92 Å². The molecule has 0 bridgehead atoms. The summed E-state index contributed by atoms with van der Waals surface area (Å²) in [7, 11) is 0. The molecule has 0 fully saturated rings. The zero-order chi connectivity index (χ0) is 17.1. The van der Waals surface area contributed by atoms with E-state index < -0.39 is 0 Å². The van der Waals surface area contributed by atoms with E-state index in [2.05, 4.69) is 10.3 Å². The van der Waals surface area contributed by atoms with E-state index in [0.717, 1.165) is 28.0 Å². The van der Waals surface area contributed by atoms with Crippen molar-refractivity contribution in [2.45, 2.75) is 13.8 Å². The molecule has 0 atom stereocenters. The van der Waals surface area contributed by atoms with Crippen LogP contribution in [-0.2, 0) is 4.74 Å². The largest absolute Gasteiger partial charge is 0.508 e. The summed E-state index contributed by atoms with van der Waals surface area (Å²) < 4.78 is 5.06. The maximum absolute atomic E-state index is 12.0. The van der Waals surface area contributed by atoms with Crippen LogP contribution in [-0.4, -0.2) is 22.7 Å². The number of pyridine rings is 1. The van der Waals surface area contributed by atoms with E-state index in [0.29, 0.717) is 12.2 Å². The fourth-order valence-corrected chi connectivity index (χ4v) is 2.50. The molecule has 25 heavy (non-hydrogen) atoms. The highest BCUT2D eigenvalue weighted by Gasteiger charge is 2.11. The predicted molar refractivity (Wildman–Crippen MR) is 101 cm³/mol. The molecule has 1 heterocycles. The molecule has 6 heteroatoms. The van der Waals surface area contributed by atoms with Crippen LogP contribution >= 0.6 is 12.4 Å². The molecule has 0 aliphatic rings. The number of rotatable bonds is 4. The fraction of sp³-hybridized carbons (Fsp3) is 0.158. The number of aryl methyl sites for hydroxylation is 1. The number of carbonyl (C=O) groups excluding carboxylic acids is 1. The molecule has 2 aromatic carbocycles. The highest BCUT2D eigenvalue weighted by atomic mass is 35.5. The lowest BCUT2D eigenvalue weighted by atomic mass is 10.1. The number of benzene rings is 2. The second kappa shape index (κ2) is 7.85. The molecular weight excluding hydrogens is 340 g/mol. The van der Waals surface area contributed by atoms with Crippen molar-refractivity contribution in [3.05, 3.63) is 59.8 Å². The molecular formula is C19H19ClN2O3. The van der Waals surface area contributed by atoms with Gasteiger partial charge in [0.25, 0.3) is 0 Å². The molecule has 0 spiro atoms. The Bertz CT molecular complexity index is 895. The summed E-state index contributed by atoms with van der Waals surface area (Å²) in [6, 6.07) is 14.0. The Balaban J connectivity index is 0.00000225. The van der Waals surface area contributed by atoms with Gasteiger partial charge in [-0.15, -0.1) is 12.4 Å². The van der Waals surface area contributed by atoms with Crippen molar-refractivity contribution in [2.75, 3.05) is 11.9 Å². The summed E-state index contributed by atoms with van der Waals surface area (Å²) in [5.41, 5.74) is 3.83.